The molecular formula is C13H26O2Si. The van der Waals surface area contributed by atoms with Crippen LogP contribution in [0.5, 0.6) is 0 Å². The van der Waals surface area contributed by atoms with Gasteiger partial charge in [-0.25, -0.2) is 0 Å². The summed E-state index contributed by atoms with van der Waals surface area (Å²) in [6, 6.07) is 0. The van der Waals surface area contributed by atoms with Crippen molar-refractivity contribution >= 4 is 14.0 Å². The molecule has 0 aromatic carbocycles. The number of hydrogen-bond donors (Lipinski definition) is 0. The van der Waals surface area contributed by atoms with Gasteiger partial charge in [-0.15, -0.1) is 0 Å². The molecule has 0 radical (unpaired) electrons. The zero-order valence-corrected chi connectivity index (χ0v) is 12.4. The monoisotopic (exact) mass is 242 g/mol. The van der Waals surface area contributed by atoms with E-state index < -0.39 is 13.3 Å². The predicted octanol–water partition coefficient (Wildman–Crippen LogP) is 3.93. The summed E-state index contributed by atoms with van der Waals surface area (Å²) in [7, 11) is -1.61. The molecule has 0 saturated heterocycles. The van der Waals surface area contributed by atoms with Crippen LogP contribution in [-0.2, 0) is 9.53 Å². The summed E-state index contributed by atoms with van der Waals surface area (Å²) in [5, 5.41) is -0.395. The van der Waals surface area contributed by atoms with Gasteiger partial charge in [0.05, 0.1) is 0 Å². The van der Waals surface area contributed by atoms with E-state index >= 15 is 0 Å². The second-order valence-corrected chi connectivity index (χ2v) is 10.7. The Labute approximate surface area is 101 Å². The van der Waals surface area contributed by atoms with Crippen molar-refractivity contribution in [2.75, 3.05) is 0 Å². The van der Waals surface area contributed by atoms with E-state index in [1.807, 2.05) is 6.08 Å². The van der Waals surface area contributed by atoms with Crippen molar-refractivity contribution in [2.45, 2.75) is 64.4 Å². The second kappa shape index (κ2) is 6.23. The Kier molecular flexibility index (Phi) is 6.01. The van der Waals surface area contributed by atoms with Gasteiger partial charge in [-0.2, -0.15) is 0 Å². The van der Waals surface area contributed by atoms with Gasteiger partial charge in [0, 0.05) is 6.92 Å². The van der Waals surface area contributed by atoms with Gasteiger partial charge in [-0.05, 0) is 12.8 Å². The fourth-order valence-electron chi connectivity index (χ4n) is 1.92. The van der Waals surface area contributed by atoms with Crippen LogP contribution in [0.4, 0.5) is 0 Å². The molecule has 16 heavy (non-hydrogen) atoms. The fourth-order valence-corrected chi connectivity index (χ4v) is 3.91. The van der Waals surface area contributed by atoms with Crippen molar-refractivity contribution in [3.05, 3.63) is 12.7 Å². The summed E-state index contributed by atoms with van der Waals surface area (Å²) in [5.74, 6) is -0.196. The summed E-state index contributed by atoms with van der Waals surface area (Å²) >= 11 is 0. The minimum absolute atomic E-state index is 0.196. The van der Waals surface area contributed by atoms with Crippen LogP contribution >= 0.6 is 0 Å². The fraction of sp³-hybridized carbons (Fsp3) is 0.769. The van der Waals surface area contributed by atoms with Gasteiger partial charge in [0.25, 0.3) is 0 Å². The lowest BCUT2D eigenvalue weighted by molar-refractivity contribution is -0.147. The van der Waals surface area contributed by atoms with Crippen LogP contribution in [0.3, 0.4) is 0 Å². The standard InChI is InChI=1S/C13H26O2Si/c1-7-9-10-11-13(8-2,15-12(3)14)16(4,5)6/h8H,2,7,9-11H2,1,3-6H3. The lowest BCUT2D eigenvalue weighted by Gasteiger charge is -2.40. The average Bonchev–Trinajstić information content (AvgIpc) is 2.14. The molecule has 0 saturated carbocycles. The number of rotatable bonds is 7. The number of esters is 1. The Morgan fingerprint density at radius 3 is 2.25 bits per heavy atom. The highest BCUT2D eigenvalue weighted by Gasteiger charge is 2.43. The highest BCUT2D eigenvalue weighted by atomic mass is 28.3. The van der Waals surface area contributed by atoms with Crippen LogP contribution in [0, 0.1) is 0 Å². The molecule has 0 rings (SSSR count). The highest BCUT2D eigenvalue weighted by Crippen LogP contribution is 2.32. The van der Waals surface area contributed by atoms with Gasteiger partial charge >= 0.3 is 5.97 Å². The van der Waals surface area contributed by atoms with E-state index in [0.717, 1.165) is 12.8 Å². The minimum atomic E-state index is -1.61. The quantitative estimate of drug-likeness (QED) is 0.293. The van der Waals surface area contributed by atoms with E-state index in [1.165, 1.54) is 19.8 Å². The normalized spacial score (nSPS) is 15.3. The van der Waals surface area contributed by atoms with Gasteiger partial charge in [0.2, 0.25) is 0 Å². The van der Waals surface area contributed by atoms with E-state index in [2.05, 4.69) is 33.1 Å². The van der Waals surface area contributed by atoms with Gasteiger partial charge in [-0.1, -0.05) is 52.1 Å². The molecule has 94 valence electrons. The van der Waals surface area contributed by atoms with Crippen molar-refractivity contribution in [2.24, 2.45) is 0 Å². The number of carbonyl (C=O) groups is 1. The number of unbranched alkanes of at least 4 members (excludes halogenated alkanes) is 2. The third kappa shape index (κ3) is 4.12. The number of carbonyl (C=O) groups excluding carboxylic acids is 1. The SMILES string of the molecule is C=CC(CCCCC)(OC(C)=O)[Si](C)(C)C. The summed E-state index contributed by atoms with van der Waals surface area (Å²) < 4.78 is 5.60. The Hall–Kier alpha value is -0.573. The van der Waals surface area contributed by atoms with Gasteiger partial charge < -0.3 is 4.74 Å². The molecule has 0 bridgehead atoms. The van der Waals surface area contributed by atoms with Crippen LogP contribution in [0.2, 0.25) is 19.6 Å². The third-order valence-corrected chi connectivity index (χ3v) is 6.17. The van der Waals surface area contributed by atoms with Crippen molar-refractivity contribution in [1.29, 1.82) is 0 Å². The molecule has 0 fully saturated rings. The molecule has 3 heteroatoms. The molecule has 0 aromatic rings. The van der Waals surface area contributed by atoms with Crippen LogP contribution in [-0.4, -0.2) is 19.3 Å². The van der Waals surface area contributed by atoms with Gasteiger partial charge in [0.15, 0.2) is 0 Å². The largest absolute Gasteiger partial charge is 0.459 e. The molecule has 0 N–H and O–H groups in total. The van der Waals surface area contributed by atoms with Crippen molar-refractivity contribution in [3.8, 4) is 0 Å². The smallest absolute Gasteiger partial charge is 0.303 e. The van der Waals surface area contributed by atoms with Gasteiger partial charge in [-0.3, -0.25) is 4.79 Å². The van der Waals surface area contributed by atoms with E-state index in [-0.39, 0.29) is 5.97 Å². The predicted molar refractivity (Wildman–Crippen MR) is 72.2 cm³/mol. The molecule has 0 heterocycles. The molecule has 0 aliphatic carbocycles. The van der Waals surface area contributed by atoms with Crippen LogP contribution < -0.4 is 0 Å². The minimum Gasteiger partial charge on any atom is -0.459 e. The van der Waals surface area contributed by atoms with Crippen LogP contribution in [0.15, 0.2) is 12.7 Å². The van der Waals surface area contributed by atoms with Gasteiger partial charge in [0.1, 0.15) is 13.3 Å². The molecular weight excluding hydrogens is 216 g/mol. The topological polar surface area (TPSA) is 26.3 Å². The summed E-state index contributed by atoms with van der Waals surface area (Å²) in [4.78, 5) is 11.2. The van der Waals surface area contributed by atoms with E-state index in [4.69, 9.17) is 4.74 Å². The molecule has 0 amide bonds. The Morgan fingerprint density at radius 2 is 1.94 bits per heavy atom. The third-order valence-electron chi connectivity index (χ3n) is 3.08. The zero-order chi connectivity index (χ0) is 12.8. The highest BCUT2D eigenvalue weighted by molar-refractivity contribution is 6.79. The van der Waals surface area contributed by atoms with Crippen molar-refractivity contribution in [3.63, 3.8) is 0 Å². The molecule has 1 atom stereocenters. The first-order valence-corrected chi connectivity index (χ1v) is 9.62. The van der Waals surface area contributed by atoms with Crippen molar-refractivity contribution < 1.29 is 9.53 Å². The average molecular weight is 242 g/mol. The van der Waals surface area contributed by atoms with Crippen LogP contribution in [0.1, 0.15) is 39.5 Å². The summed E-state index contributed by atoms with van der Waals surface area (Å²) in [5.41, 5.74) is 0. The second-order valence-electron chi connectivity index (χ2n) is 5.39. The lowest BCUT2D eigenvalue weighted by Crippen LogP contribution is -2.53. The maximum Gasteiger partial charge on any atom is 0.303 e. The number of hydrogen-bond acceptors (Lipinski definition) is 2. The maximum absolute atomic E-state index is 11.2. The van der Waals surface area contributed by atoms with E-state index in [9.17, 15) is 4.79 Å². The molecule has 0 aromatic heterocycles. The maximum atomic E-state index is 11.2. The Morgan fingerprint density at radius 1 is 1.38 bits per heavy atom. The zero-order valence-electron chi connectivity index (χ0n) is 11.4. The van der Waals surface area contributed by atoms with E-state index in [0.29, 0.717) is 0 Å². The van der Waals surface area contributed by atoms with Crippen molar-refractivity contribution in [1.82, 2.24) is 0 Å². The molecule has 1 unspecified atom stereocenters. The summed E-state index contributed by atoms with van der Waals surface area (Å²) in [6.45, 7) is 14.2. The number of ether oxygens (including phenoxy) is 1. The lowest BCUT2D eigenvalue weighted by atomic mass is 10.1. The first-order chi connectivity index (χ1) is 7.29. The molecule has 0 aliphatic heterocycles. The Balaban J connectivity index is 4.82. The molecule has 0 aliphatic rings. The molecule has 0 spiro atoms. The first kappa shape index (κ1) is 15.4. The Bertz CT molecular complexity index is 243. The van der Waals surface area contributed by atoms with Crippen LogP contribution in [0.25, 0.3) is 0 Å². The summed E-state index contributed by atoms with van der Waals surface area (Å²) in [6.07, 6.45) is 6.23. The first-order valence-electron chi connectivity index (χ1n) is 6.12. The molecule has 2 nitrogen and oxygen atoms in total. The van der Waals surface area contributed by atoms with E-state index in [1.54, 1.807) is 0 Å².